The second kappa shape index (κ2) is 9.19. The maximum Gasteiger partial charge on any atom is 0.399 e. The first-order valence-electron chi connectivity index (χ1n) is 6.21. The van der Waals surface area contributed by atoms with Crippen molar-refractivity contribution in [3.63, 3.8) is 0 Å². The van der Waals surface area contributed by atoms with E-state index >= 15 is 0 Å². The summed E-state index contributed by atoms with van der Waals surface area (Å²) in [5.41, 5.74) is 0. The van der Waals surface area contributed by atoms with E-state index in [4.69, 9.17) is 18.3 Å². The van der Waals surface area contributed by atoms with Crippen LogP contribution in [0.3, 0.4) is 0 Å². The summed E-state index contributed by atoms with van der Waals surface area (Å²) in [6, 6.07) is 9.58. The summed E-state index contributed by atoms with van der Waals surface area (Å²) in [4.78, 5) is 0. The molecule has 0 aromatic heterocycles. The van der Waals surface area contributed by atoms with Gasteiger partial charge in [0.25, 0.3) is 0 Å². The molecule has 0 unspecified atom stereocenters. The molecule has 0 aliphatic rings. The number of benzene rings is 1. The van der Waals surface area contributed by atoms with E-state index in [1.54, 1.807) is 14.2 Å². The van der Waals surface area contributed by atoms with Gasteiger partial charge in [-0.05, 0) is 5.19 Å². The molecule has 1 aromatic carbocycles. The molecule has 19 heavy (non-hydrogen) atoms. The zero-order valence-corrected chi connectivity index (χ0v) is 12.5. The Balaban J connectivity index is 2.79. The lowest BCUT2D eigenvalue weighted by Crippen LogP contribution is -2.58. The Labute approximate surface area is 115 Å². The maximum atomic E-state index is 9.76. The fraction of sp³-hybridized carbons (Fsp3) is 0.538. The zero-order chi connectivity index (χ0) is 14.0. The minimum atomic E-state index is -2.82. The zero-order valence-electron chi connectivity index (χ0n) is 11.5. The highest BCUT2D eigenvalue weighted by atomic mass is 28.4. The fourth-order valence-corrected chi connectivity index (χ4v) is 3.97. The molecule has 0 amide bonds. The normalized spacial score (nSPS) is 11.7. The summed E-state index contributed by atoms with van der Waals surface area (Å²) < 4.78 is 21.6. The molecule has 0 fully saturated rings. The highest BCUT2D eigenvalue weighted by molar-refractivity contribution is 6.81. The van der Waals surface area contributed by atoms with Crippen molar-refractivity contribution in [2.24, 2.45) is 0 Å². The Hall–Kier alpha value is -0.763. The Morgan fingerprint density at radius 3 is 1.84 bits per heavy atom. The van der Waals surface area contributed by atoms with E-state index in [2.05, 4.69) is 0 Å². The molecule has 0 atom stereocenters. The van der Waals surface area contributed by atoms with Crippen LogP contribution in [0.15, 0.2) is 30.3 Å². The van der Waals surface area contributed by atoms with Crippen molar-refractivity contribution < 1.29 is 23.4 Å². The van der Waals surface area contributed by atoms with Gasteiger partial charge in [-0.3, -0.25) is 0 Å². The minimum absolute atomic E-state index is 0.134. The molecular weight excluding hydrogens is 264 g/mol. The van der Waals surface area contributed by atoms with Gasteiger partial charge in [0.1, 0.15) is 0 Å². The number of aliphatic hydroxyl groups is 1. The third-order valence-corrected chi connectivity index (χ3v) is 5.64. The molecule has 0 radical (unpaired) electrons. The van der Waals surface area contributed by atoms with E-state index in [9.17, 15) is 5.11 Å². The van der Waals surface area contributed by atoms with Crippen LogP contribution in [0.2, 0.25) is 0 Å². The van der Waals surface area contributed by atoms with Crippen molar-refractivity contribution in [1.82, 2.24) is 0 Å². The van der Waals surface area contributed by atoms with Crippen molar-refractivity contribution in [2.75, 3.05) is 46.9 Å². The first-order chi connectivity index (χ1) is 9.29. The molecule has 6 heteroatoms. The molecule has 108 valence electrons. The van der Waals surface area contributed by atoms with Crippen LogP contribution >= 0.6 is 0 Å². The number of ether oxygens (including phenoxy) is 2. The largest absolute Gasteiger partial charge is 0.399 e. The van der Waals surface area contributed by atoms with Crippen molar-refractivity contribution in [3.8, 4) is 0 Å². The van der Waals surface area contributed by atoms with E-state index in [0.717, 1.165) is 5.19 Å². The maximum absolute atomic E-state index is 9.76. The van der Waals surface area contributed by atoms with E-state index in [1.165, 1.54) is 0 Å². The van der Waals surface area contributed by atoms with Gasteiger partial charge in [-0.25, -0.2) is 0 Å². The van der Waals surface area contributed by atoms with Crippen molar-refractivity contribution in [1.29, 1.82) is 0 Å². The SMILES string of the molecule is COCCO[Si](CO)(OCCOC)c1ccccc1. The monoisotopic (exact) mass is 286 g/mol. The summed E-state index contributed by atoms with van der Waals surface area (Å²) in [5, 5.41) is 10.7. The second-order valence-corrected chi connectivity index (χ2v) is 6.94. The topological polar surface area (TPSA) is 57.2 Å². The van der Waals surface area contributed by atoms with Crippen LogP contribution in [0.4, 0.5) is 0 Å². The van der Waals surface area contributed by atoms with Gasteiger partial charge in [0.05, 0.1) is 32.7 Å². The van der Waals surface area contributed by atoms with E-state index in [-0.39, 0.29) is 6.23 Å². The van der Waals surface area contributed by atoms with Crippen molar-refractivity contribution >= 4 is 13.7 Å². The summed E-state index contributed by atoms with van der Waals surface area (Å²) in [6.45, 7) is 1.72. The van der Waals surface area contributed by atoms with Crippen LogP contribution in [0.5, 0.6) is 0 Å². The predicted octanol–water partition coefficient (Wildman–Crippen LogP) is 0.193. The summed E-state index contributed by atoms with van der Waals surface area (Å²) in [7, 11) is 0.397. The molecule has 0 bridgehead atoms. The molecule has 1 rings (SSSR count). The molecular formula is C13H22O5Si. The van der Waals surface area contributed by atoms with Crippen molar-refractivity contribution in [2.45, 2.75) is 0 Å². The molecule has 0 aliphatic carbocycles. The van der Waals surface area contributed by atoms with Gasteiger partial charge in [-0.2, -0.15) is 0 Å². The van der Waals surface area contributed by atoms with Crippen LogP contribution in [0, 0.1) is 0 Å². The van der Waals surface area contributed by atoms with E-state index in [0.29, 0.717) is 26.4 Å². The quantitative estimate of drug-likeness (QED) is 0.492. The van der Waals surface area contributed by atoms with Gasteiger partial charge in [0.2, 0.25) is 0 Å². The van der Waals surface area contributed by atoms with E-state index < -0.39 is 8.56 Å². The molecule has 0 saturated carbocycles. The first-order valence-corrected chi connectivity index (χ1v) is 8.23. The van der Waals surface area contributed by atoms with Crippen LogP contribution in [0.1, 0.15) is 0 Å². The number of aliphatic hydroxyl groups excluding tert-OH is 1. The van der Waals surface area contributed by atoms with Gasteiger partial charge in [-0.1, -0.05) is 30.3 Å². The second-order valence-electron chi connectivity index (χ2n) is 3.96. The van der Waals surface area contributed by atoms with E-state index in [1.807, 2.05) is 30.3 Å². The third kappa shape index (κ3) is 5.02. The standard InChI is InChI=1S/C13H22O5Si/c1-15-8-10-17-19(12-14,18-11-9-16-2)13-6-4-3-5-7-13/h3-7,14H,8-12H2,1-2H3. The molecule has 1 aromatic rings. The molecule has 0 heterocycles. The summed E-state index contributed by atoms with van der Waals surface area (Å²) in [5.74, 6) is 0. The van der Waals surface area contributed by atoms with Crippen LogP contribution < -0.4 is 5.19 Å². The lowest BCUT2D eigenvalue weighted by Gasteiger charge is -2.29. The van der Waals surface area contributed by atoms with Crippen LogP contribution in [-0.2, 0) is 18.3 Å². The Bertz CT molecular complexity index is 323. The Morgan fingerprint density at radius 1 is 0.895 bits per heavy atom. The average molecular weight is 286 g/mol. The lowest BCUT2D eigenvalue weighted by molar-refractivity contribution is 0.0820. The number of rotatable bonds is 10. The first kappa shape index (κ1) is 16.3. The summed E-state index contributed by atoms with van der Waals surface area (Å²) >= 11 is 0. The van der Waals surface area contributed by atoms with Crippen LogP contribution in [0.25, 0.3) is 0 Å². The van der Waals surface area contributed by atoms with Gasteiger partial charge in [0.15, 0.2) is 0 Å². The molecule has 0 saturated heterocycles. The highest BCUT2D eigenvalue weighted by Gasteiger charge is 2.39. The number of hydrogen-bond acceptors (Lipinski definition) is 5. The smallest absolute Gasteiger partial charge is 0.394 e. The Morgan fingerprint density at radius 2 is 1.42 bits per heavy atom. The fourth-order valence-electron chi connectivity index (χ4n) is 1.66. The number of methoxy groups -OCH3 is 2. The van der Waals surface area contributed by atoms with Crippen LogP contribution in [-0.4, -0.2) is 60.5 Å². The molecule has 0 aliphatic heterocycles. The van der Waals surface area contributed by atoms with Gasteiger partial charge in [-0.15, -0.1) is 0 Å². The van der Waals surface area contributed by atoms with Gasteiger partial charge < -0.3 is 23.4 Å². The summed E-state index contributed by atoms with van der Waals surface area (Å²) in [6.07, 6.45) is -0.134. The average Bonchev–Trinajstić information content (AvgIpc) is 2.47. The van der Waals surface area contributed by atoms with Gasteiger partial charge >= 0.3 is 8.56 Å². The Kier molecular flexibility index (Phi) is 7.88. The molecule has 1 N–H and O–H groups in total. The minimum Gasteiger partial charge on any atom is -0.394 e. The van der Waals surface area contributed by atoms with Gasteiger partial charge in [0, 0.05) is 14.2 Å². The molecule has 5 nitrogen and oxygen atoms in total. The lowest BCUT2D eigenvalue weighted by atomic mass is 10.4. The third-order valence-electron chi connectivity index (χ3n) is 2.67. The number of hydrogen-bond donors (Lipinski definition) is 1. The molecule has 0 spiro atoms. The predicted molar refractivity (Wildman–Crippen MR) is 74.6 cm³/mol. The van der Waals surface area contributed by atoms with Crippen molar-refractivity contribution in [3.05, 3.63) is 30.3 Å². The highest BCUT2D eigenvalue weighted by Crippen LogP contribution is 2.08.